The molecule has 0 fully saturated rings. The van der Waals surface area contributed by atoms with Crippen molar-refractivity contribution in [1.82, 2.24) is 0 Å². The molecule has 0 aromatic carbocycles. The summed E-state index contributed by atoms with van der Waals surface area (Å²) in [6.07, 6.45) is 4.99. The Morgan fingerprint density at radius 1 is 1.42 bits per heavy atom. The van der Waals surface area contributed by atoms with Crippen molar-refractivity contribution in [3.05, 3.63) is 23.3 Å². The Morgan fingerprint density at radius 3 is 2.42 bits per heavy atom. The van der Waals surface area contributed by atoms with Crippen LogP contribution >= 0.6 is 0 Å². The van der Waals surface area contributed by atoms with Crippen LogP contribution in [0.5, 0.6) is 0 Å². The number of hydrogen-bond acceptors (Lipinski definition) is 1. The molecule has 1 heteroatoms. The molecule has 1 rings (SSSR count). The van der Waals surface area contributed by atoms with Crippen LogP contribution in [0.1, 0.15) is 34.1 Å². The summed E-state index contributed by atoms with van der Waals surface area (Å²) in [7, 11) is 0. The second-order valence-corrected chi connectivity index (χ2v) is 2.85. The number of hydrogen-bond donors (Lipinski definition) is 0. The molecule has 1 nitrogen and oxygen atoms in total. The van der Waals surface area contributed by atoms with E-state index in [4.69, 9.17) is 5.26 Å². The summed E-state index contributed by atoms with van der Waals surface area (Å²) in [6, 6.07) is 2.19. The quantitative estimate of drug-likeness (QED) is 0.536. The Labute approximate surface area is 75.4 Å². The highest BCUT2D eigenvalue weighted by molar-refractivity contribution is 5.33. The van der Waals surface area contributed by atoms with E-state index in [0.717, 1.165) is 12.0 Å². The van der Waals surface area contributed by atoms with Crippen LogP contribution in [0.15, 0.2) is 23.3 Å². The standard InChI is InChI=1S/C9H11N.C2H6/c1-7-3-4-9(6-10)8(2)5-7;1-2/h3-4,8H,5H2,1-2H3;1-2H3. The molecule has 1 unspecified atom stereocenters. The zero-order valence-electron chi connectivity index (χ0n) is 8.39. The van der Waals surface area contributed by atoms with Crippen molar-refractivity contribution in [2.24, 2.45) is 5.92 Å². The van der Waals surface area contributed by atoms with Gasteiger partial charge in [0.15, 0.2) is 0 Å². The monoisotopic (exact) mass is 163 g/mol. The fourth-order valence-corrected chi connectivity index (χ4v) is 1.20. The van der Waals surface area contributed by atoms with Gasteiger partial charge in [-0.25, -0.2) is 0 Å². The van der Waals surface area contributed by atoms with E-state index in [-0.39, 0.29) is 0 Å². The third-order valence-corrected chi connectivity index (χ3v) is 1.84. The molecule has 0 aromatic heterocycles. The molecular formula is C11H17N. The lowest BCUT2D eigenvalue weighted by Gasteiger charge is -2.13. The number of nitriles is 1. The van der Waals surface area contributed by atoms with E-state index in [9.17, 15) is 0 Å². The predicted molar refractivity (Wildman–Crippen MR) is 52.6 cm³/mol. The molecule has 0 heterocycles. The minimum absolute atomic E-state index is 0.426. The first-order valence-electron chi connectivity index (χ1n) is 4.51. The van der Waals surface area contributed by atoms with E-state index in [1.54, 1.807) is 0 Å². The molecule has 0 amide bonds. The highest BCUT2D eigenvalue weighted by atomic mass is 14.3. The molecule has 66 valence electrons. The minimum Gasteiger partial charge on any atom is -0.193 e. The summed E-state index contributed by atoms with van der Waals surface area (Å²) >= 11 is 0. The van der Waals surface area contributed by atoms with Gasteiger partial charge >= 0.3 is 0 Å². The van der Waals surface area contributed by atoms with Crippen LogP contribution in [0.4, 0.5) is 0 Å². The van der Waals surface area contributed by atoms with Gasteiger partial charge in [-0.3, -0.25) is 0 Å². The van der Waals surface area contributed by atoms with Gasteiger partial charge in [-0.05, 0) is 25.3 Å². The van der Waals surface area contributed by atoms with Gasteiger partial charge in [0.2, 0.25) is 0 Å². The summed E-state index contributed by atoms with van der Waals surface area (Å²) in [5, 5.41) is 8.60. The predicted octanol–water partition coefficient (Wildman–Crippen LogP) is 3.45. The van der Waals surface area contributed by atoms with Crippen molar-refractivity contribution in [3.63, 3.8) is 0 Å². The summed E-state index contributed by atoms with van der Waals surface area (Å²) in [6.45, 7) is 8.19. The molecule has 1 atom stereocenters. The molecule has 0 N–H and O–H groups in total. The van der Waals surface area contributed by atoms with Crippen LogP contribution in [0.2, 0.25) is 0 Å². The molecule has 0 saturated heterocycles. The van der Waals surface area contributed by atoms with Crippen molar-refractivity contribution in [2.45, 2.75) is 34.1 Å². The first kappa shape index (κ1) is 11.0. The molecular weight excluding hydrogens is 146 g/mol. The normalized spacial score (nSPS) is 21.1. The van der Waals surface area contributed by atoms with E-state index < -0.39 is 0 Å². The smallest absolute Gasteiger partial charge is 0.0950 e. The molecule has 0 saturated carbocycles. The summed E-state index contributed by atoms with van der Waals surface area (Å²) in [5.74, 6) is 0.426. The Balaban J connectivity index is 0.000000561. The Hall–Kier alpha value is -1.03. The largest absolute Gasteiger partial charge is 0.193 e. The van der Waals surface area contributed by atoms with E-state index in [0.29, 0.717) is 5.92 Å². The maximum atomic E-state index is 8.60. The van der Waals surface area contributed by atoms with Gasteiger partial charge in [0.1, 0.15) is 0 Å². The lowest BCUT2D eigenvalue weighted by molar-refractivity contribution is 0.681. The summed E-state index contributed by atoms with van der Waals surface area (Å²) in [4.78, 5) is 0. The highest BCUT2D eigenvalue weighted by Gasteiger charge is 2.11. The fraction of sp³-hybridized carbons (Fsp3) is 0.545. The number of nitrogens with zero attached hydrogens (tertiary/aromatic N) is 1. The summed E-state index contributed by atoms with van der Waals surface area (Å²) < 4.78 is 0. The van der Waals surface area contributed by atoms with Gasteiger partial charge in [-0.2, -0.15) is 5.26 Å². The minimum atomic E-state index is 0.426. The average molecular weight is 163 g/mol. The Kier molecular flexibility index (Phi) is 5.12. The maximum Gasteiger partial charge on any atom is 0.0950 e. The number of allylic oxidation sites excluding steroid dienone is 4. The Bertz CT molecular complexity index is 228. The van der Waals surface area contributed by atoms with Gasteiger partial charge in [-0.1, -0.05) is 32.4 Å². The van der Waals surface area contributed by atoms with E-state index >= 15 is 0 Å². The first-order valence-corrected chi connectivity index (χ1v) is 4.51. The van der Waals surface area contributed by atoms with Gasteiger partial charge in [-0.15, -0.1) is 0 Å². The fourth-order valence-electron chi connectivity index (χ4n) is 1.20. The van der Waals surface area contributed by atoms with Gasteiger partial charge < -0.3 is 0 Å². The van der Waals surface area contributed by atoms with Crippen LogP contribution in [-0.2, 0) is 0 Å². The molecule has 1 aliphatic rings. The van der Waals surface area contributed by atoms with Crippen molar-refractivity contribution in [2.75, 3.05) is 0 Å². The Morgan fingerprint density at radius 2 is 2.00 bits per heavy atom. The van der Waals surface area contributed by atoms with Crippen LogP contribution in [-0.4, -0.2) is 0 Å². The lowest BCUT2D eigenvalue weighted by Crippen LogP contribution is -2.01. The SMILES string of the molecule is CC.CC1=CC=C(C#N)C(C)C1. The van der Waals surface area contributed by atoms with Crippen molar-refractivity contribution < 1.29 is 0 Å². The second-order valence-electron chi connectivity index (χ2n) is 2.85. The van der Waals surface area contributed by atoms with Crippen molar-refractivity contribution >= 4 is 0 Å². The van der Waals surface area contributed by atoms with Crippen LogP contribution in [0.3, 0.4) is 0 Å². The zero-order chi connectivity index (χ0) is 9.56. The molecule has 0 radical (unpaired) electrons. The van der Waals surface area contributed by atoms with E-state index in [2.05, 4.69) is 19.9 Å². The summed E-state index contributed by atoms with van der Waals surface area (Å²) in [5.41, 5.74) is 2.28. The third-order valence-electron chi connectivity index (χ3n) is 1.84. The second kappa shape index (κ2) is 5.60. The topological polar surface area (TPSA) is 23.8 Å². The van der Waals surface area contributed by atoms with Crippen LogP contribution < -0.4 is 0 Å². The van der Waals surface area contributed by atoms with E-state index in [1.165, 1.54) is 5.57 Å². The van der Waals surface area contributed by atoms with Gasteiger partial charge in [0, 0.05) is 5.57 Å². The van der Waals surface area contributed by atoms with Crippen molar-refractivity contribution in [3.8, 4) is 6.07 Å². The molecule has 0 aliphatic heterocycles. The van der Waals surface area contributed by atoms with Crippen LogP contribution in [0, 0.1) is 17.2 Å². The molecule has 12 heavy (non-hydrogen) atoms. The highest BCUT2D eigenvalue weighted by Crippen LogP contribution is 2.23. The van der Waals surface area contributed by atoms with Crippen molar-refractivity contribution in [1.29, 1.82) is 5.26 Å². The maximum absolute atomic E-state index is 8.60. The number of rotatable bonds is 0. The third kappa shape index (κ3) is 2.92. The molecule has 0 aromatic rings. The first-order chi connectivity index (χ1) is 5.74. The van der Waals surface area contributed by atoms with Crippen LogP contribution in [0.25, 0.3) is 0 Å². The molecule has 0 bridgehead atoms. The molecule has 0 spiro atoms. The van der Waals surface area contributed by atoms with Gasteiger partial charge in [0.25, 0.3) is 0 Å². The zero-order valence-corrected chi connectivity index (χ0v) is 8.39. The molecule has 1 aliphatic carbocycles. The average Bonchev–Trinajstić information content (AvgIpc) is 2.08. The van der Waals surface area contributed by atoms with Gasteiger partial charge in [0.05, 0.1) is 6.07 Å². The van der Waals surface area contributed by atoms with E-state index in [1.807, 2.05) is 26.0 Å². The lowest BCUT2D eigenvalue weighted by atomic mass is 9.90.